The molecule has 1 heterocycles. The topological polar surface area (TPSA) is 29.9 Å². The molecule has 1 N–H and O–H groups in total. The van der Waals surface area contributed by atoms with Crippen molar-refractivity contribution in [2.75, 3.05) is 6.54 Å². The number of aromatic nitrogens is 2. The van der Waals surface area contributed by atoms with Crippen LogP contribution in [0.4, 0.5) is 0 Å². The lowest BCUT2D eigenvalue weighted by Gasteiger charge is -2.21. The molecular formula is C18H27N3. The predicted octanol–water partition coefficient (Wildman–Crippen LogP) is 3.53. The van der Waals surface area contributed by atoms with E-state index < -0.39 is 0 Å². The molecule has 3 rings (SSSR count). The van der Waals surface area contributed by atoms with E-state index >= 15 is 0 Å². The van der Waals surface area contributed by atoms with Gasteiger partial charge in [-0.3, -0.25) is 0 Å². The van der Waals surface area contributed by atoms with Crippen LogP contribution in [0.5, 0.6) is 0 Å². The zero-order chi connectivity index (χ0) is 14.8. The SMILES string of the molecule is CCCNC1CCC(Cc2nc3ccccc3n2C)C1C. The van der Waals surface area contributed by atoms with Crippen LogP contribution in [0.2, 0.25) is 0 Å². The van der Waals surface area contributed by atoms with Crippen LogP contribution in [-0.2, 0) is 13.5 Å². The summed E-state index contributed by atoms with van der Waals surface area (Å²) in [5.74, 6) is 2.75. The molecule has 3 unspecified atom stereocenters. The van der Waals surface area contributed by atoms with E-state index in [0.29, 0.717) is 6.04 Å². The molecule has 0 bridgehead atoms. The summed E-state index contributed by atoms with van der Waals surface area (Å²) in [4.78, 5) is 4.84. The smallest absolute Gasteiger partial charge is 0.109 e. The average Bonchev–Trinajstić information content (AvgIpc) is 3.00. The Morgan fingerprint density at radius 3 is 2.86 bits per heavy atom. The van der Waals surface area contributed by atoms with Gasteiger partial charge < -0.3 is 9.88 Å². The molecular weight excluding hydrogens is 258 g/mol. The van der Waals surface area contributed by atoms with Gasteiger partial charge in [-0.2, -0.15) is 0 Å². The molecule has 0 aliphatic heterocycles. The maximum absolute atomic E-state index is 4.84. The highest BCUT2D eigenvalue weighted by atomic mass is 15.1. The van der Waals surface area contributed by atoms with E-state index in [9.17, 15) is 0 Å². The monoisotopic (exact) mass is 285 g/mol. The zero-order valence-corrected chi connectivity index (χ0v) is 13.5. The van der Waals surface area contributed by atoms with Crippen molar-refractivity contribution in [1.82, 2.24) is 14.9 Å². The molecule has 1 saturated carbocycles. The van der Waals surface area contributed by atoms with Crippen LogP contribution in [0.25, 0.3) is 11.0 Å². The fourth-order valence-corrected chi connectivity index (χ4v) is 3.77. The van der Waals surface area contributed by atoms with Crippen molar-refractivity contribution >= 4 is 11.0 Å². The van der Waals surface area contributed by atoms with Gasteiger partial charge in [0, 0.05) is 19.5 Å². The van der Waals surface area contributed by atoms with Crippen LogP contribution < -0.4 is 5.32 Å². The van der Waals surface area contributed by atoms with Crippen LogP contribution in [0.1, 0.15) is 38.9 Å². The summed E-state index contributed by atoms with van der Waals surface area (Å²) in [7, 11) is 2.15. The highest BCUT2D eigenvalue weighted by Gasteiger charge is 2.33. The summed E-state index contributed by atoms with van der Waals surface area (Å²) in [6.45, 7) is 5.80. The lowest BCUT2D eigenvalue weighted by molar-refractivity contribution is 0.346. The lowest BCUT2D eigenvalue weighted by Crippen LogP contribution is -2.33. The molecule has 2 aromatic rings. The van der Waals surface area contributed by atoms with Crippen molar-refractivity contribution < 1.29 is 0 Å². The molecule has 0 spiro atoms. The predicted molar refractivity (Wildman–Crippen MR) is 88.4 cm³/mol. The van der Waals surface area contributed by atoms with Crippen molar-refractivity contribution in [2.24, 2.45) is 18.9 Å². The van der Waals surface area contributed by atoms with E-state index in [0.717, 1.165) is 30.3 Å². The minimum Gasteiger partial charge on any atom is -0.331 e. The van der Waals surface area contributed by atoms with Crippen molar-refractivity contribution in [1.29, 1.82) is 0 Å². The number of hydrogen-bond acceptors (Lipinski definition) is 2. The number of para-hydroxylation sites is 2. The van der Waals surface area contributed by atoms with Gasteiger partial charge in [-0.25, -0.2) is 4.98 Å². The molecule has 0 saturated heterocycles. The molecule has 3 atom stereocenters. The van der Waals surface area contributed by atoms with Crippen LogP contribution in [0, 0.1) is 11.8 Å². The van der Waals surface area contributed by atoms with Crippen LogP contribution in [-0.4, -0.2) is 22.1 Å². The van der Waals surface area contributed by atoms with E-state index in [4.69, 9.17) is 4.98 Å². The minimum atomic E-state index is 0.699. The maximum Gasteiger partial charge on any atom is 0.109 e. The van der Waals surface area contributed by atoms with Crippen molar-refractivity contribution in [3.8, 4) is 0 Å². The molecule has 1 aromatic carbocycles. The molecule has 1 fully saturated rings. The van der Waals surface area contributed by atoms with Gasteiger partial charge in [0.2, 0.25) is 0 Å². The van der Waals surface area contributed by atoms with E-state index in [-0.39, 0.29) is 0 Å². The van der Waals surface area contributed by atoms with E-state index in [1.807, 2.05) is 0 Å². The number of benzene rings is 1. The van der Waals surface area contributed by atoms with Gasteiger partial charge >= 0.3 is 0 Å². The molecule has 21 heavy (non-hydrogen) atoms. The first-order valence-corrected chi connectivity index (χ1v) is 8.34. The Balaban J connectivity index is 1.72. The molecule has 1 aliphatic carbocycles. The van der Waals surface area contributed by atoms with Gasteiger partial charge in [0.25, 0.3) is 0 Å². The average molecular weight is 285 g/mol. The third-order valence-corrected chi connectivity index (χ3v) is 5.21. The largest absolute Gasteiger partial charge is 0.331 e. The Bertz CT molecular complexity index is 602. The molecule has 114 valence electrons. The highest BCUT2D eigenvalue weighted by molar-refractivity contribution is 5.75. The number of nitrogens with zero attached hydrogens (tertiary/aromatic N) is 2. The molecule has 0 amide bonds. The van der Waals surface area contributed by atoms with Gasteiger partial charge in [-0.05, 0) is 49.8 Å². The minimum absolute atomic E-state index is 0.699. The van der Waals surface area contributed by atoms with Crippen LogP contribution in [0.15, 0.2) is 24.3 Å². The van der Waals surface area contributed by atoms with E-state index in [1.165, 1.54) is 30.6 Å². The summed E-state index contributed by atoms with van der Waals surface area (Å²) in [5.41, 5.74) is 2.38. The van der Waals surface area contributed by atoms with E-state index in [1.54, 1.807) is 0 Å². The summed E-state index contributed by atoms with van der Waals surface area (Å²) < 4.78 is 2.27. The molecule has 0 radical (unpaired) electrons. The molecule has 1 aromatic heterocycles. The molecule has 1 aliphatic rings. The standard InChI is InChI=1S/C18H27N3/c1-4-11-19-15-10-9-14(13(15)2)12-18-20-16-7-5-6-8-17(16)21(18)3/h5-8,13-15,19H,4,9-12H2,1-3H3. The first kappa shape index (κ1) is 14.6. The first-order chi connectivity index (χ1) is 10.2. The van der Waals surface area contributed by atoms with E-state index in [2.05, 4.69) is 55.0 Å². The Labute approximate surface area is 127 Å². The summed E-state index contributed by atoms with van der Waals surface area (Å²) in [5, 5.41) is 3.71. The fourth-order valence-electron chi connectivity index (χ4n) is 3.77. The normalized spacial score (nSPS) is 25.8. The van der Waals surface area contributed by atoms with Crippen molar-refractivity contribution in [3.63, 3.8) is 0 Å². The quantitative estimate of drug-likeness (QED) is 0.911. The maximum atomic E-state index is 4.84. The van der Waals surface area contributed by atoms with Crippen LogP contribution >= 0.6 is 0 Å². The second-order valence-corrected chi connectivity index (χ2v) is 6.54. The van der Waals surface area contributed by atoms with Gasteiger partial charge in [-0.15, -0.1) is 0 Å². The summed E-state index contributed by atoms with van der Waals surface area (Å²) in [6.07, 6.45) is 4.97. The Morgan fingerprint density at radius 1 is 1.29 bits per heavy atom. The zero-order valence-electron chi connectivity index (χ0n) is 13.5. The Hall–Kier alpha value is -1.35. The lowest BCUT2D eigenvalue weighted by atomic mass is 9.92. The number of nitrogens with one attached hydrogen (secondary N) is 1. The second kappa shape index (κ2) is 6.18. The number of aryl methyl sites for hydroxylation is 1. The number of fused-ring (bicyclic) bond motifs is 1. The third-order valence-electron chi connectivity index (χ3n) is 5.21. The fraction of sp³-hybridized carbons (Fsp3) is 0.611. The summed E-state index contributed by atoms with van der Waals surface area (Å²) >= 11 is 0. The third kappa shape index (κ3) is 2.84. The van der Waals surface area contributed by atoms with Gasteiger partial charge in [-0.1, -0.05) is 26.0 Å². The second-order valence-electron chi connectivity index (χ2n) is 6.54. The first-order valence-electron chi connectivity index (χ1n) is 8.34. The highest BCUT2D eigenvalue weighted by Crippen LogP contribution is 2.34. The number of imidazole rings is 1. The Morgan fingerprint density at radius 2 is 2.10 bits per heavy atom. The Kier molecular flexibility index (Phi) is 4.29. The molecule has 3 heteroatoms. The summed E-state index contributed by atoms with van der Waals surface area (Å²) in [6, 6.07) is 9.14. The van der Waals surface area contributed by atoms with Crippen LogP contribution in [0.3, 0.4) is 0 Å². The number of rotatable bonds is 5. The number of hydrogen-bond donors (Lipinski definition) is 1. The van der Waals surface area contributed by atoms with Gasteiger partial charge in [0.05, 0.1) is 11.0 Å². The molecule has 3 nitrogen and oxygen atoms in total. The van der Waals surface area contributed by atoms with Crippen molar-refractivity contribution in [2.45, 2.75) is 45.6 Å². The van der Waals surface area contributed by atoms with Crippen molar-refractivity contribution in [3.05, 3.63) is 30.1 Å². The van der Waals surface area contributed by atoms with Gasteiger partial charge in [0.15, 0.2) is 0 Å². The van der Waals surface area contributed by atoms with Gasteiger partial charge in [0.1, 0.15) is 5.82 Å².